The molecule has 1 aromatic carbocycles. The molecule has 7 heteroatoms. The van der Waals surface area contributed by atoms with Crippen molar-refractivity contribution in [2.75, 3.05) is 19.7 Å². The Balaban J connectivity index is 1.66. The summed E-state index contributed by atoms with van der Waals surface area (Å²) in [5, 5.41) is 3.94. The lowest BCUT2D eigenvalue weighted by Gasteiger charge is -2.31. The van der Waals surface area contributed by atoms with Gasteiger partial charge in [0.25, 0.3) is 0 Å². The van der Waals surface area contributed by atoms with Gasteiger partial charge in [0.2, 0.25) is 17.6 Å². The predicted molar refractivity (Wildman–Crippen MR) is 83.8 cm³/mol. The maximum Gasteiger partial charge on any atom is 0.229 e. The summed E-state index contributed by atoms with van der Waals surface area (Å²) in [4.78, 5) is 18.4. The van der Waals surface area contributed by atoms with Gasteiger partial charge in [0, 0.05) is 12.5 Å². The average molecular weight is 333 g/mol. The van der Waals surface area contributed by atoms with Crippen molar-refractivity contribution in [1.82, 2.24) is 15.0 Å². The molecule has 2 aromatic rings. The number of nitrogens with zero attached hydrogens (tertiary/aromatic N) is 3. The first kappa shape index (κ1) is 16.6. The Hall–Kier alpha value is -2.28. The van der Waals surface area contributed by atoms with E-state index in [0.29, 0.717) is 37.0 Å². The number of carbonyl (C=O) groups is 1. The molecule has 1 aliphatic rings. The standard InChI is InChI=1S/C17H20FN3O3/c1-11(2)17-19-16(20-24-17)14-10-21(7-8-23-14)15(22)9-12-5-3-4-6-13(12)18/h3-6,11,14H,7-10H2,1-2H3/t14-/m1/s1. The quantitative estimate of drug-likeness (QED) is 0.860. The summed E-state index contributed by atoms with van der Waals surface area (Å²) >= 11 is 0. The van der Waals surface area contributed by atoms with Crippen molar-refractivity contribution < 1.29 is 18.4 Å². The topological polar surface area (TPSA) is 68.5 Å². The Labute approximate surface area is 139 Å². The van der Waals surface area contributed by atoms with Gasteiger partial charge in [-0.1, -0.05) is 37.2 Å². The summed E-state index contributed by atoms with van der Waals surface area (Å²) in [5.41, 5.74) is 0.396. The van der Waals surface area contributed by atoms with Crippen molar-refractivity contribution in [3.63, 3.8) is 0 Å². The van der Waals surface area contributed by atoms with Gasteiger partial charge >= 0.3 is 0 Å². The van der Waals surface area contributed by atoms with Gasteiger partial charge in [0.15, 0.2) is 0 Å². The normalized spacial score (nSPS) is 18.2. The molecule has 3 rings (SSSR count). The van der Waals surface area contributed by atoms with Crippen LogP contribution in [0.5, 0.6) is 0 Å². The van der Waals surface area contributed by atoms with E-state index in [1.54, 1.807) is 23.1 Å². The Morgan fingerprint density at radius 1 is 1.42 bits per heavy atom. The molecule has 0 unspecified atom stereocenters. The largest absolute Gasteiger partial charge is 0.366 e. The van der Waals surface area contributed by atoms with E-state index in [1.807, 2.05) is 13.8 Å². The highest BCUT2D eigenvalue weighted by molar-refractivity contribution is 5.79. The summed E-state index contributed by atoms with van der Waals surface area (Å²) in [6.07, 6.45) is -0.386. The maximum atomic E-state index is 13.7. The first-order valence-corrected chi connectivity index (χ1v) is 8.01. The molecular formula is C17H20FN3O3. The molecule has 0 N–H and O–H groups in total. The molecular weight excluding hydrogens is 313 g/mol. The second kappa shape index (κ2) is 7.09. The van der Waals surface area contributed by atoms with E-state index in [2.05, 4.69) is 10.1 Å². The molecule has 1 fully saturated rings. The van der Waals surface area contributed by atoms with Crippen LogP contribution in [0.2, 0.25) is 0 Å². The summed E-state index contributed by atoms with van der Waals surface area (Å²) < 4.78 is 24.6. The van der Waals surface area contributed by atoms with Crippen LogP contribution in [-0.2, 0) is 16.0 Å². The van der Waals surface area contributed by atoms with Gasteiger partial charge in [-0.2, -0.15) is 4.98 Å². The van der Waals surface area contributed by atoms with Crippen LogP contribution in [0.1, 0.15) is 43.1 Å². The third-order valence-corrected chi connectivity index (χ3v) is 3.96. The van der Waals surface area contributed by atoms with Crippen molar-refractivity contribution in [2.24, 2.45) is 0 Å². The minimum Gasteiger partial charge on any atom is -0.366 e. The lowest BCUT2D eigenvalue weighted by atomic mass is 10.1. The number of benzene rings is 1. The number of morpholine rings is 1. The highest BCUT2D eigenvalue weighted by atomic mass is 19.1. The zero-order valence-electron chi connectivity index (χ0n) is 13.7. The number of hydrogen-bond acceptors (Lipinski definition) is 5. The average Bonchev–Trinajstić information content (AvgIpc) is 3.07. The van der Waals surface area contributed by atoms with E-state index in [4.69, 9.17) is 9.26 Å². The second-order valence-corrected chi connectivity index (χ2v) is 6.11. The van der Waals surface area contributed by atoms with Crippen LogP contribution >= 0.6 is 0 Å². The number of carbonyl (C=O) groups excluding carboxylic acids is 1. The van der Waals surface area contributed by atoms with Crippen molar-refractivity contribution in [3.8, 4) is 0 Å². The fraction of sp³-hybridized carbons (Fsp3) is 0.471. The maximum absolute atomic E-state index is 13.7. The summed E-state index contributed by atoms with van der Waals surface area (Å²) in [6, 6.07) is 6.31. The number of aromatic nitrogens is 2. The number of rotatable bonds is 4. The van der Waals surface area contributed by atoms with Gasteiger partial charge in [-0.05, 0) is 11.6 Å². The SMILES string of the molecule is CC(C)c1nc([C@H]2CN(C(=O)Cc3ccccc3F)CCO2)no1. The third-order valence-electron chi connectivity index (χ3n) is 3.96. The number of halogens is 1. The second-order valence-electron chi connectivity index (χ2n) is 6.11. The van der Waals surface area contributed by atoms with Gasteiger partial charge in [-0.3, -0.25) is 4.79 Å². The number of hydrogen-bond donors (Lipinski definition) is 0. The Morgan fingerprint density at radius 2 is 2.21 bits per heavy atom. The van der Waals surface area contributed by atoms with Crippen LogP contribution in [0.15, 0.2) is 28.8 Å². The fourth-order valence-corrected chi connectivity index (χ4v) is 2.56. The Bertz CT molecular complexity index is 717. The number of amides is 1. The minimum absolute atomic E-state index is 0.0306. The number of ether oxygens (including phenoxy) is 1. The van der Waals surface area contributed by atoms with Crippen molar-refractivity contribution >= 4 is 5.91 Å². The highest BCUT2D eigenvalue weighted by Crippen LogP contribution is 2.22. The minimum atomic E-state index is -0.417. The molecule has 0 aliphatic carbocycles. The van der Waals surface area contributed by atoms with E-state index < -0.39 is 6.10 Å². The van der Waals surface area contributed by atoms with Crippen LogP contribution in [0, 0.1) is 5.82 Å². The van der Waals surface area contributed by atoms with Gasteiger partial charge < -0.3 is 14.2 Å². The van der Waals surface area contributed by atoms with Gasteiger partial charge in [0.05, 0.1) is 19.6 Å². The van der Waals surface area contributed by atoms with E-state index in [1.165, 1.54) is 6.07 Å². The summed E-state index contributed by atoms with van der Waals surface area (Å²) in [5.74, 6) is 0.621. The fourth-order valence-electron chi connectivity index (χ4n) is 2.56. The van der Waals surface area contributed by atoms with Crippen LogP contribution < -0.4 is 0 Å². The molecule has 2 heterocycles. The van der Waals surface area contributed by atoms with Crippen molar-refractivity contribution in [2.45, 2.75) is 32.3 Å². The van der Waals surface area contributed by atoms with Crippen molar-refractivity contribution in [1.29, 1.82) is 0 Å². The molecule has 0 radical (unpaired) electrons. The zero-order valence-corrected chi connectivity index (χ0v) is 13.7. The molecule has 24 heavy (non-hydrogen) atoms. The van der Waals surface area contributed by atoms with E-state index in [-0.39, 0.29) is 24.1 Å². The highest BCUT2D eigenvalue weighted by Gasteiger charge is 2.29. The zero-order chi connectivity index (χ0) is 17.1. The lowest BCUT2D eigenvalue weighted by Crippen LogP contribution is -2.43. The smallest absolute Gasteiger partial charge is 0.229 e. The lowest BCUT2D eigenvalue weighted by molar-refractivity contribution is -0.138. The van der Waals surface area contributed by atoms with Crippen LogP contribution in [0.4, 0.5) is 4.39 Å². The van der Waals surface area contributed by atoms with E-state index >= 15 is 0 Å². The molecule has 0 saturated carbocycles. The Morgan fingerprint density at radius 3 is 2.92 bits per heavy atom. The predicted octanol–water partition coefficient (Wildman–Crippen LogP) is 2.47. The van der Waals surface area contributed by atoms with Crippen LogP contribution in [0.25, 0.3) is 0 Å². The molecule has 1 aliphatic heterocycles. The van der Waals surface area contributed by atoms with Gasteiger partial charge in [0.1, 0.15) is 11.9 Å². The monoisotopic (exact) mass is 333 g/mol. The molecule has 1 saturated heterocycles. The molecule has 0 spiro atoms. The third kappa shape index (κ3) is 3.62. The molecule has 6 nitrogen and oxygen atoms in total. The van der Waals surface area contributed by atoms with E-state index in [9.17, 15) is 9.18 Å². The van der Waals surface area contributed by atoms with Gasteiger partial charge in [-0.15, -0.1) is 0 Å². The van der Waals surface area contributed by atoms with Crippen LogP contribution in [0.3, 0.4) is 0 Å². The van der Waals surface area contributed by atoms with E-state index in [0.717, 1.165) is 0 Å². The Kier molecular flexibility index (Phi) is 4.89. The van der Waals surface area contributed by atoms with Crippen molar-refractivity contribution in [3.05, 3.63) is 47.4 Å². The molecule has 1 amide bonds. The first-order chi connectivity index (χ1) is 11.5. The summed E-state index contributed by atoms with van der Waals surface area (Å²) in [6.45, 7) is 5.12. The molecule has 1 atom stereocenters. The molecule has 128 valence electrons. The van der Waals surface area contributed by atoms with Gasteiger partial charge in [-0.25, -0.2) is 4.39 Å². The molecule has 1 aromatic heterocycles. The van der Waals surface area contributed by atoms with Crippen LogP contribution in [-0.4, -0.2) is 40.6 Å². The molecule has 0 bridgehead atoms. The summed E-state index contributed by atoms with van der Waals surface area (Å²) in [7, 11) is 0. The first-order valence-electron chi connectivity index (χ1n) is 8.01.